The van der Waals surface area contributed by atoms with Crippen LogP contribution in [-0.2, 0) is 11.2 Å². The molecule has 2 heterocycles. The maximum absolute atomic E-state index is 12.3. The van der Waals surface area contributed by atoms with Crippen molar-refractivity contribution in [1.29, 1.82) is 0 Å². The first-order valence-corrected chi connectivity index (χ1v) is 8.68. The van der Waals surface area contributed by atoms with Crippen LogP contribution in [0.5, 0.6) is 5.75 Å². The highest BCUT2D eigenvalue weighted by Crippen LogP contribution is 2.29. The maximum Gasteiger partial charge on any atom is 0.262 e. The lowest BCUT2D eigenvalue weighted by molar-refractivity contribution is -0.118. The Bertz CT molecular complexity index is 760. The summed E-state index contributed by atoms with van der Waals surface area (Å²) in [5, 5.41) is 14.9. The molecule has 0 aliphatic carbocycles. The standard InChI is InChI=1S/C16H18N4O3S/c1-2-3-4-5-14-19-20-16(24-14)18-15(22)10-6-7-11-12(8-10)23-9-13(21)17-11/h6-8H,2-5,9H2,1H3,(H,17,21)(H,18,20,22). The number of aryl methyl sites for hydroxylation is 1. The van der Waals surface area contributed by atoms with Gasteiger partial charge in [0.05, 0.1) is 5.69 Å². The Hall–Kier alpha value is -2.48. The molecule has 1 aromatic heterocycles. The number of amides is 2. The Morgan fingerprint density at radius 1 is 1.38 bits per heavy atom. The van der Waals surface area contributed by atoms with Gasteiger partial charge in [-0.1, -0.05) is 31.1 Å². The quantitative estimate of drug-likeness (QED) is 0.785. The molecule has 0 radical (unpaired) electrons. The van der Waals surface area contributed by atoms with Crippen molar-refractivity contribution in [3.05, 3.63) is 28.8 Å². The number of hydrogen-bond acceptors (Lipinski definition) is 6. The number of unbranched alkanes of at least 4 members (excludes halogenated alkanes) is 2. The van der Waals surface area contributed by atoms with E-state index in [-0.39, 0.29) is 18.4 Å². The summed E-state index contributed by atoms with van der Waals surface area (Å²) in [6, 6.07) is 4.89. The molecule has 1 aromatic carbocycles. The minimum Gasteiger partial charge on any atom is -0.482 e. The number of nitrogens with zero attached hydrogens (tertiary/aromatic N) is 2. The summed E-state index contributed by atoms with van der Waals surface area (Å²) < 4.78 is 5.32. The smallest absolute Gasteiger partial charge is 0.262 e. The lowest BCUT2D eigenvalue weighted by atomic mass is 10.1. The van der Waals surface area contributed by atoms with E-state index < -0.39 is 0 Å². The number of nitrogens with one attached hydrogen (secondary N) is 2. The molecule has 0 fully saturated rings. The van der Waals surface area contributed by atoms with Gasteiger partial charge in [0.25, 0.3) is 11.8 Å². The van der Waals surface area contributed by atoms with Gasteiger partial charge >= 0.3 is 0 Å². The molecule has 2 amide bonds. The summed E-state index contributed by atoms with van der Waals surface area (Å²) in [5.41, 5.74) is 1.00. The van der Waals surface area contributed by atoms with Gasteiger partial charge in [0, 0.05) is 12.0 Å². The van der Waals surface area contributed by atoms with Gasteiger partial charge in [-0.25, -0.2) is 0 Å². The number of carbonyl (C=O) groups is 2. The van der Waals surface area contributed by atoms with Gasteiger partial charge in [-0.3, -0.25) is 14.9 Å². The molecular weight excluding hydrogens is 328 g/mol. The molecule has 7 nitrogen and oxygen atoms in total. The first kappa shape index (κ1) is 16.4. The molecule has 0 saturated heterocycles. The summed E-state index contributed by atoms with van der Waals surface area (Å²) >= 11 is 1.39. The minimum absolute atomic E-state index is 0.0460. The van der Waals surface area contributed by atoms with E-state index in [0.29, 0.717) is 22.1 Å². The van der Waals surface area contributed by atoms with Crippen molar-refractivity contribution < 1.29 is 14.3 Å². The second kappa shape index (κ2) is 7.39. The number of aromatic nitrogens is 2. The van der Waals surface area contributed by atoms with Crippen molar-refractivity contribution in [2.45, 2.75) is 32.6 Å². The third-order valence-corrected chi connectivity index (χ3v) is 4.46. The third kappa shape index (κ3) is 3.88. The van der Waals surface area contributed by atoms with Gasteiger partial charge in [0.1, 0.15) is 10.8 Å². The fraction of sp³-hybridized carbons (Fsp3) is 0.375. The average Bonchev–Trinajstić information content (AvgIpc) is 3.02. The third-order valence-electron chi connectivity index (χ3n) is 3.56. The van der Waals surface area contributed by atoms with Crippen molar-refractivity contribution in [2.75, 3.05) is 17.2 Å². The Morgan fingerprint density at radius 2 is 2.25 bits per heavy atom. The van der Waals surface area contributed by atoms with Crippen molar-refractivity contribution in [1.82, 2.24) is 10.2 Å². The maximum atomic E-state index is 12.3. The lowest BCUT2D eigenvalue weighted by Gasteiger charge is -2.18. The van der Waals surface area contributed by atoms with E-state index in [0.717, 1.165) is 30.7 Å². The van der Waals surface area contributed by atoms with Gasteiger partial charge < -0.3 is 10.1 Å². The molecule has 0 atom stereocenters. The Balaban J connectivity index is 1.64. The zero-order valence-corrected chi connectivity index (χ0v) is 14.1. The SMILES string of the molecule is CCCCCc1nnc(NC(=O)c2ccc3c(c2)OCC(=O)N3)s1. The zero-order chi connectivity index (χ0) is 16.9. The highest BCUT2D eigenvalue weighted by Gasteiger charge is 2.18. The van der Waals surface area contributed by atoms with Gasteiger partial charge in [0.15, 0.2) is 6.61 Å². The van der Waals surface area contributed by atoms with Crippen molar-refractivity contribution in [3.63, 3.8) is 0 Å². The molecule has 0 spiro atoms. The van der Waals surface area contributed by atoms with Gasteiger partial charge in [0.2, 0.25) is 5.13 Å². The van der Waals surface area contributed by atoms with Gasteiger partial charge in [-0.2, -0.15) is 0 Å². The van der Waals surface area contributed by atoms with Crippen molar-refractivity contribution in [3.8, 4) is 5.75 Å². The summed E-state index contributed by atoms with van der Waals surface area (Å²) in [6.07, 6.45) is 4.27. The highest BCUT2D eigenvalue weighted by molar-refractivity contribution is 7.15. The van der Waals surface area contributed by atoms with Gasteiger partial charge in [-0.15, -0.1) is 10.2 Å². The van der Waals surface area contributed by atoms with Crippen LogP contribution in [0.1, 0.15) is 41.6 Å². The van der Waals surface area contributed by atoms with Crippen LogP contribution in [0, 0.1) is 0 Å². The van der Waals surface area contributed by atoms with E-state index in [4.69, 9.17) is 4.74 Å². The fourth-order valence-electron chi connectivity index (χ4n) is 2.32. The molecule has 1 aliphatic heterocycles. The van der Waals surface area contributed by atoms with Crippen LogP contribution in [-0.4, -0.2) is 28.6 Å². The van der Waals surface area contributed by atoms with E-state index >= 15 is 0 Å². The molecule has 2 aromatic rings. The Morgan fingerprint density at radius 3 is 3.08 bits per heavy atom. The zero-order valence-electron chi connectivity index (χ0n) is 13.3. The van der Waals surface area contributed by atoms with Gasteiger partial charge in [-0.05, 0) is 24.6 Å². The second-order valence-corrected chi connectivity index (χ2v) is 6.52. The van der Waals surface area contributed by atoms with E-state index in [1.807, 2.05) is 0 Å². The molecule has 8 heteroatoms. The highest BCUT2D eigenvalue weighted by atomic mass is 32.1. The predicted octanol–water partition coefficient (Wildman–Crippen LogP) is 2.85. The van der Waals surface area contributed by atoms with Crippen LogP contribution in [0.25, 0.3) is 0 Å². The predicted molar refractivity (Wildman–Crippen MR) is 91.7 cm³/mol. The number of fused-ring (bicyclic) bond motifs is 1. The first-order chi connectivity index (χ1) is 11.7. The average molecular weight is 346 g/mol. The number of benzene rings is 1. The monoisotopic (exact) mass is 346 g/mol. The van der Waals surface area contributed by atoms with E-state index in [2.05, 4.69) is 27.8 Å². The largest absolute Gasteiger partial charge is 0.482 e. The van der Waals surface area contributed by atoms with Crippen LogP contribution >= 0.6 is 11.3 Å². The molecule has 0 bridgehead atoms. The molecular formula is C16H18N4O3S. The summed E-state index contributed by atoms with van der Waals surface area (Å²) in [4.78, 5) is 23.6. The van der Waals surface area contributed by atoms with Crippen molar-refractivity contribution >= 4 is 34.0 Å². The van der Waals surface area contributed by atoms with Crippen LogP contribution in [0.2, 0.25) is 0 Å². The molecule has 3 rings (SSSR count). The number of anilines is 2. The topological polar surface area (TPSA) is 93.2 Å². The van der Waals surface area contributed by atoms with E-state index in [9.17, 15) is 9.59 Å². The van der Waals surface area contributed by atoms with Crippen LogP contribution in [0.3, 0.4) is 0 Å². The number of ether oxygens (including phenoxy) is 1. The summed E-state index contributed by atoms with van der Waals surface area (Å²) in [7, 11) is 0. The Labute approximate surface area is 143 Å². The molecule has 0 unspecified atom stereocenters. The van der Waals surface area contributed by atoms with Crippen molar-refractivity contribution in [2.24, 2.45) is 0 Å². The summed E-state index contributed by atoms with van der Waals surface area (Å²) in [6.45, 7) is 2.11. The minimum atomic E-state index is -0.283. The molecule has 126 valence electrons. The normalized spacial score (nSPS) is 13.0. The van der Waals surface area contributed by atoms with E-state index in [1.54, 1.807) is 18.2 Å². The van der Waals surface area contributed by atoms with Crippen LogP contribution < -0.4 is 15.4 Å². The number of carbonyl (C=O) groups excluding carboxylic acids is 2. The molecule has 1 aliphatic rings. The molecule has 24 heavy (non-hydrogen) atoms. The summed E-state index contributed by atoms with van der Waals surface area (Å²) in [5.74, 6) is -0.00140. The number of rotatable bonds is 6. The van der Waals surface area contributed by atoms with E-state index in [1.165, 1.54) is 11.3 Å². The van der Waals surface area contributed by atoms with Crippen LogP contribution in [0.15, 0.2) is 18.2 Å². The second-order valence-electron chi connectivity index (χ2n) is 5.46. The first-order valence-electron chi connectivity index (χ1n) is 7.86. The molecule has 0 saturated carbocycles. The molecule has 2 N–H and O–H groups in total. The van der Waals surface area contributed by atoms with Crippen LogP contribution in [0.4, 0.5) is 10.8 Å². The fourth-order valence-corrected chi connectivity index (χ4v) is 3.09. The Kier molecular flexibility index (Phi) is 5.05. The lowest BCUT2D eigenvalue weighted by Crippen LogP contribution is -2.25. The number of hydrogen-bond donors (Lipinski definition) is 2.